The molecule has 0 unspecified atom stereocenters. The molecule has 132 valence electrons. The van der Waals surface area contributed by atoms with Crippen LogP contribution in [0.25, 0.3) is 0 Å². The molecule has 3 rings (SSSR count). The second-order valence-electron chi connectivity index (χ2n) is 7.54. The van der Waals surface area contributed by atoms with Crippen molar-refractivity contribution in [1.82, 2.24) is 0 Å². The number of halogens is 1. The van der Waals surface area contributed by atoms with Crippen LogP contribution in [0.15, 0.2) is 42.5 Å². The average molecular weight is 342 g/mol. The standard InChI is InChI=1S/C20H24BFO3/c1-14-7-6-8-17(11-14)23-13-15-9-10-16(12-18(15)22)21-24-19(2,3)20(4,5)25-21/h6-12H,13H2,1-5H3. The van der Waals surface area contributed by atoms with Gasteiger partial charge in [-0.2, -0.15) is 0 Å². The lowest BCUT2D eigenvalue weighted by Crippen LogP contribution is -2.41. The molecule has 5 heteroatoms. The molecule has 0 N–H and O–H groups in total. The van der Waals surface area contributed by atoms with E-state index in [1.807, 2.05) is 65.0 Å². The van der Waals surface area contributed by atoms with Crippen LogP contribution in [-0.4, -0.2) is 18.3 Å². The quantitative estimate of drug-likeness (QED) is 0.786. The van der Waals surface area contributed by atoms with E-state index in [4.69, 9.17) is 14.0 Å². The van der Waals surface area contributed by atoms with Crippen molar-refractivity contribution in [3.8, 4) is 5.75 Å². The Morgan fingerprint density at radius 1 is 1.00 bits per heavy atom. The van der Waals surface area contributed by atoms with E-state index in [-0.39, 0.29) is 12.4 Å². The summed E-state index contributed by atoms with van der Waals surface area (Å²) in [5.41, 5.74) is 1.40. The highest BCUT2D eigenvalue weighted by Gasteiger charge is 2.51. The lowest BCUT2D eigenvalue weighted by molar-refractivity contribution is 0.00578. The van der Waals surface area contributed by atoms with Crippen molar-refractivity contribution in [2.75, 3.05) is 0 Å². The molecule has 0 saturated carbocycles. The lowest BCUT2D eigenvalue weighted by atomic mass is 9.79. The number of benzene rings is 2. The molecule has 0 aromatic heterocycles. The molecule has 2 aromatic carbocycles. The highest BCUT2D eigenvalue weighted by atomic mass is 19.1. The number of rotatable bonds is 4. The predicted molar refractivity (Wildman–Crippen MR) is 97.6 cm³/mol. The highest BCUT2D eigenvalue weighted by molar-refractivity contribution is 6.62. The summed E-state index contributed by atoms with van der Waals surface area (Å²) >= 11 is 0. The Morgan fingerprint density at radius 2 is 1.68 bits per heavy atom. The lowest BCUT2D eigenvalue weighted by Gasteiger charge is -2.32. The van der Waals surface area contributed by atoms with E-state index >= 15 is 0 Å². The van der Waals surface area contributed by atoms with Gasteiger partial charge in [0.25, 0.3) is 0 Å². The van der Waals surface area contributed by atoms with Gasteiger partial charge in [-0.15, -0.1) is 0 Å². The Morgan fingerprint density at radius 3 is 2.28 bits per heavy atom. The summed E-state index contributed by atoms with van der Waals surface area (Å²) < 4.78 is 32.1. The van der Waals surface area contributed by atoms with Gasteiger partial charge in [0.2, 0.25) is 0 Å². The van der Waals surface area contributed by atoms with E-state index in [1.54, 1.807) is 6.07 Å². The molecule has 1 fully saturated rings. The van der Waals surface area contributed by atoms with Gasteiger partial charge in [0.15, 0.2) is 0 Å². The number of ether oxygens (including phenoxy) is 1. The van der Waals surface area contributed by atoms with Gasteiger partial charge in [-0.3, -0.25) is 0 Å². The van der Waals surface area contributed by atoms with Gasteiger partial charge in [0.05, 0.1) is 11.2 Å². The average Bonchev–Trinajstić information content (AvgIpc) is 2.74. The molecule has 1 aliphatic rings. The van der Waals surface area contributed by atoms with E-state index in [9.17, 15) is 4.39 Å². The molecule has 1 saturated heterocycles. The van der Waals surface area contributed by atoms with Crippen molar-refractivity contribution >= 4 is 12.6 Å². The van der Waals surface area contributed by atoms with Gasteiger partial charge < -0.3 is 14.0 Å². The monoisotopic (exact) mass is 342 g/mol. The SMILES string of the molecule is Cc1cccc(OCc2ccc(B3OC(C)(C)C(C)(C)O3)cc2F)c1. The molecule has 0 amide bonds. The second kappa shape index (κ2) is 6.47. The molecule has 2 aromatic rings. The molecule has 1 heterocycles. The van der Waals surface area contributed by atoms with Gasteiger partial charge in [-0.05, 0) is 63.8 Å². The molecule has 25 heavy (non-hydrogen) atoms. The fourth-order valence-corrected chi connectivity index (χ4v) is 2.67. The summed E-state index contributed by atoms with van der Waals surface area (Å²) in [4.78, 5) is 0. The maximum Gasteiger partial charge on any atom is 0.494 e. The summed E-state index contributed by atoms with van der Waals surface area (Å²) in [6, 6.07) is 12.7. The van der Waals surface area contributed by atoms with Crippen LogP contribution in [0.5, 0.6) is 5.75 Å². The van der Waals surface area contributed by atoms with Crippen LogP contribution in [0.3, 0.4) is 0 Å². The van der Waals surface area contributed by atoms with E-state index in [0.29, 0.717) is 11.0 Å². The van der Waals surface area contributed by atoms with Gasteiger partial charge >= 0.3 is 7.12 Å². The third-order valence-electron chi connectivity index (χ3n) is 4.99. The van der Waals surface area contributed by atoms with Crippen LogP contribution in [-0.2, 0) is 15.9 Å². The van der Waals surface area contributed by atoms with Gasteiger partial charge in [0.1, 0.15) is 18.2 Å². The fraction of sp³-hybridized carbons (Fsp3) is 0.400. The zero-order valence-electron chi connectivity index (χ0n) is 15.4. The molecule has 0 spiro atoms. The van der Waals surface area contributed by atoms with E-state index in [1.165, 1.54) is 6.07 Å². The Hall–Kier alpha value is -1.85. The first kappa shape index (κ1) is 18.0. The Balaban J connectivity index is 1.71. The zero-order valence-corrected chi connectivity index (χ0v) is 15.4. The van der Waals surface area contributed by atoms with Crippen molar-refractivity contribution in [3.05, 3.63) is 59.4 Å². The van der Waals surface area contributed by atoms with E-state index < -0.39 is 18.3 Å². The second-order valence-corrected chi connectivity index (χ2v) is 7.54. The minimum absolute atomic E-state index is 0.179. The molecule has 1 aliphatic heterocycles. The molecular formula is C20H24BFO3. The molecule has 0 radical (unpaired) electrons. The van der Waals surface area contributed by atoms with E-state index in [0.717, 1.165) is 11.3 Å². The first-order valence-electron chi connectivity index (χ1n) is 8.51. The number of aryl methyl sites for hydroxylation is 1. The Kier molecular flexibility index (Phi) is 4.65. The van der Waals surface area contributed by atoms with Crippen LogP contribution in [0.4, 0.5) is 4.39 Å². The molecule has 3 nitrogen and oxygen atoms in total. The van der Waals surface area contributed by atoms with Crippen LogP contribution in [0.1, 0.15) is 38.8 Å². The molecular weight excluding hydrogens is 318 g/mol. The van der Waals surface area contributed by atoms with E-state index in [2.05, 4.69) is 0 Å². The zero-order chi connectivity index (χ0) is 18.2. The van der Waals surface area contributed by atoms with Gasteiger partial charge in [-0.25, -0.2) is 4.39 Å². The van der Waals surface area contributed by atoms with Crippen molar-refractivity contribution in [2.24, 2.45) is 0 Å². The van der Waals surface area contributed by atoms with Crippen molar-refractivity contribution in [2.45, 2.75) is 52.4 Å². The summed E-state index contributed by atoms with van der Waals surface area (Å²) in [7, 11) is -0.564. The third kappa shape index (κ3) is 3.72. The van der Waals surface area contributed by atoms with Crippen LogP contribution >= 0.6 is 0 Å². The summed E-state index contributed by atoms with van der Waals surface area (Å²) in [6.07, 6.45) is 0. The maximum absolute atomic E-state index is 14.5. The predicted octanol–water partition coefficient (Wildman–Crippen LogP) is 4.01. The largest absolute Gasteiger partial charge is 0.494 e. The molecule has 0 atom stereocenters. The Bertz CT molecular complexity index is 757. The smallest absolute Gasteiger partial charge is 0.489 e. The number of hydrogen-bond donors (Lipinski definition) is 0. The highest BCUT2D eigenvalue weighted by Crippen LogP contribution is 2.36. The van der Waals surface area contributed by atoms with Crippen molar-refractivity contribution in [3.63, 3.8) is 0 Å². The molecule has 0 aliphatic carbocycles. The fourth-order valence-electron chi connectivity index (χ4n) is 2.67. The maximum atomic E-state index is 14.5. The summed E-state index contributed by atoms with van der Waals surface area (Å²) in [5, 5.41) is 0. The first-order valence-corrected chi connectivity index (χ1v) is 8.51. The Labute approximate surface area is 149 Å². The van der Waals surface area contributed by atoms with Crippen molar-refractivity contribution < 1.29 is 18.4 Å². The van der Waals surface area contributed by atoms with Crippen LogP contribution in [0, 0.1) is 12.7 Å². The molecule has 0 bridgehead atoms. The minimum atomic E-state index is -0.564. The van der Waals surface area contributed by atoms with Crippen molar-refractivity contribution in [1.29, 1.82) is 0 Å². The minimum Gasteiger partial charge on any atom is -0.489 e. The third-order valence-corrected chi connectivity index (χ3v) is 4.99. The summed E-state index contributed by atoms with van der Waals surface area (Å²) in [6.45, 7) is 10.1. The summed E-state index contributed by atoms with van der Waals surface area (Å²) in [5.74, 6) is 0.411. The van der Waals surface area contributed by atoms with Crippen LogP contribution < -0.4 is 10.2 Å². The van der Waals surface area contributed by atoms with Crippen LogP contribution in [0.2, 0.25) is 0 Å². The topological polar surface area (TPSA) is 27.7 Å². The first-order chi connectivity index (χ1) is 11.7. The normalized spacial score (nSPS) is 18.4. The van der Waals surface area contributed by atoms with Gasteiger partial charge in [0, 0.05) is 5.56 Å². The number of hydrogen-bond acceptors (Lipinski definition) is 3. The van der Waals surface area contributed by atoms with Gasteiger partial charge in [-0.1, -0.05) is 24.3 Å².